The van der Waals surface area contributed by atoms with Gasteiger partial charge in [0.2, 0.25) is 23.4 Å². The molecule has 2 saturated heterocycles. The Bertz CT molecular complexity index is 3760. The molecule has 2 amide bonds. The van der Waals surface area contributed by atoms with Gasteiger partial charge in [-0.15, -0.1) is 0 Å². The molecule has 0 bridgehead atoms. The number of amides is 2. The average molecular weight is 1210 g/mol. The van der Waals surface area contributed by atoms with Crippen LogP contribution in [0.2, 0.25) is 0 Å². The maximum atomic E-state index is 13.1. The van der Waals surface area contributed by atoms with Crippen LogP contribution >= 0.6 is 0 Å². The van der Waals surface area contributed by atoms with Crippen molar-refractivity contribution in [1.29, 1.82) is 0 Å². The number of nitrogens with zero attached hydrogens (tertiary/aromatic N) is 7. The van der Waals surface area contributed by atoms with Gasteiger partial charge in [-0.2, -0.15) is 0 Å². The van der Waals surface area contributed by atoms with Gasteiger partial charge in [0.25, 0.3) is 0 Å². The summed E-state index contributed by atoms with van der Waals surface area (Å²) in [5.74, 6) is 3.55. The molecular weight excluding hydrogens is 1130 g/mol. The molecule has 2 fully saturated rings. The van der Waals surface area contributed by atoms with E-state index in [9.17, 15) is 28.8 Å². The summed E-state index contributed by atoms with van der Waals surface area (Å²) in [4.78, 5) is 90.7. The number of rotatable bonds is 12. The Balaban J connectivity index is 0.000000163. The van der Waals surface area contributed by atoms with Crippen LogP contribution in [-0.4, -0.2) is 204 Å². The molecule has 24 nitrogen and oxygen atoms in total. The van der Waals surface area contributed by atoms with E-state index in [1.54, 1.807) is 50.6 Å². The van der Waals surface area contributed by atoms with Gasteiger partial charge in [-0.05, 0) is 111 Å². The van der Waals surface area contributed by atoms with Crippen LogP contribution in [0.15, 0.2) is 114 Å². The van der Waals surface area contributed by atoms with Crippen LogP contribution in [-0.2, 0) is 17.9 Å². The number of hydrogen-bond acceptors (Lipinski definition) is 20. The molecule has 5 aliphatic heterocycles. The van der Waals surface area contributed by atoms with Crippen LogP contribution in [0.1, 0.15) is 47.0 Å². The van der Waals surface area contributed by atoms with Crippen LogP contribution in [0.4, 0.5) is 9.59 Å². The lowest BCUT2D eigenvalue weighted by molar-refractivity contribution is 0.0954. The molecule has 2 aromatic heterocycles. The van der Waals surface area contributed by atoms with Crippen molar-refractivity contribution in [1.82, 2.24) is 39.4 Å². The van der Waals surface area contributed by atoms with Crippen molar-refractivity contribution in [2.24, 2.45) is 4.99 Å². The van der Waals surface area contributed by atoms with Crippen molar-refractivity contribution in [3.63, 3.8) is 0 Å². The molecule has 88 heavy (non-hydrogen) atoms. The number of ketones is 3. The number of hydrogen-bond donors (Lipinski definition) is 3. The van der Waals surface area contributed by atoms with Gasteiger partial charge in [0.15, 0.2) is 25.3 Å². The highest BCUT2D eigenvalue weighted by atomic mass is 16.6. The molecule has 5 aliphatic rings. The van der Waals surface area contributed by atoms with E-state index in [-0.39, 0.29) is 47.8 Å². The third kappa shape index (κ3) is 16.4. The Morgan fingerprint density at radius 3 is 1.52 bits per heavy atom. The topological polar surface area (TPSA) is 264 Å². The largest absolute Gasteiger partial charge is 0.508 e. The van der Waals surface area contributed by atoms with Gasteiger partial charge in [-0.25, -0.2) is 19.4 Å². The van der Waals surface area contributed by atoms with E-state index in [1.807, 2.05) is 36.5 Å². The molecule has 3 N–H and O–H groups in total. The van der Waals surface area contributed by atoms with Crippen molar-refractivity contribution in [2.45, 2.75) is 13.1 Å². The molecule has 12 rings (SSSR count). The molecule has 0 unspecified atom stereocenters. The fourth-order valence-corrected chi connectivity index (χ4v) is 9.99. The zero-order valence-corrected chi connectivity index (χ0v) is 50.2. The average Bonchev–Trinajstić information content (AvgIpc) is 2.32. The maximum absolute atomic E-state index is 13.1. The molecule has 0 radical (unpaired) electrons. The second kappa shape index (κ2) is 30.5. The maximum Gasteiger partial charge on any atom is 0.412 e. The highest BCUT2D eigenvalue weighted by Gasteiger charge is 2.29. The standard InChI is InChI=1S/C27H30N4O5.C17H23N3O2.C10H9NO4.C8H6O3.C2H3NO/c1-28-27(33)35-20-5-7-24-22(16-20)26(32)25(36-24)14-18-17-31(13-12-30-10-8-29(2)9-11-30)23-6-4-19(34-3)15-21(18)23;1-18-5-7-19(8-6-18)9-10-20-12-14(13-21)16-11-15(22-2)3-4-17(16)20;1-11-10(13)15-6-2-3-9-7(4-6)8(12)5-14-9;9-5-1-2-8-6(3-5)7(10)4-11-8;1-3-2-4/h4-7,14-17H,8-13H2,1-3H3,(H,28,33);3-4,11-13H,5-10H2,1-2H3;2-4H,5H2,1H3,(H,11,13);1-3,9H,4H2;1H3/b25-14-;;;;. The first-order valence-corrected chi connectivity index (χ1v) is 28.3. The number of aliphatic imine (C=N–C) groups is 1. The minimum absolute atomic E-state index is 0.0543. The van der Waals surface area contributed by atoms with Crippen LogP contribution in [0, 0.1) is 0 Å². The summed E-state index contributed by atoms with van der Waals surface area (Å²) in [5.41, 5.74) is 5.06. The van der Waals surface area contributed by atoms with Gasteiger partial charge >= 0.3 is 12.2 Å². The van der Waals surface area contributed by atoms with Crippen molar-refractivity contribution in [3.05, 3.63) is 137 Å². The lowest BCUT2D eigenvalue weighted by Gasteiger charge is -2.32. The first-order valence-electron chi connectivity index (χ1n) is 28.3. The van der Waals surface area contributed by atoms with Gasteiger partial charge < -0.3 is 67.8 Å². The van der Waals surface area contributed by atoms with Gasteiger partial charge in [0, 0.05) is 145 Å². The van der Waals surface area contributed by atoms with E-state index in [4.69, 9.17) is 43.1 Å². The van der Waals surface area contributed by atoms with Gasteiger partial charge in [0.05, 0.1) is 30.9 Å². The molecule has 5 aromatic carbocycles. The number of aldehydes is 1. The van der Waals surface area contributed by atoms with Gasteiger partial charge in [-0.3, -0.25) is 29.0 Å². The van der Waals surface area contributed by atoms with E-state index in [0.717, 1.165) is 129 Å². The number of fused-ring (bicyclic) bond motifs is 5. The Kier molecular flexibility index (Phi) is 22.2. The number of benzene rings is 5. The summed E-state index contributed by atoms with van der Waals surface area (Å²) < 4.78 is 41.1. The molecule has 0 saturated carbocycles. The zero-order chi connectivity index (χ0) is 62.9. The SMILES string of the molecule is CN=C=O.CNC(=O)Oc1ccc2c(c1)C(=O)/C(=C/c1cn(CCN3CCN(C)CC3)c3ccc(OC)cc13)O2.CNC(=O)Oc1ccc2c(c1)C(=O)CO2.COc1ccc2c(c1)c(C=O)cn2CCN1CCN(C)CC1.O=C1COc2ccc(O)cc21. The first kappa shape index (κ1) is 64.2. The minimum atomic E-state index is -0.601. The van der Waals surface area contributed by atoms with Crippen molar-refractivity contribution in [2.75, 3.05) is 128 Å². The summed E-state index contributed by atoms with van der Waals surface area (Å²) >= 11 is 0. The molecule has 462 valence electrons. The number of carbonyl (C=O) groups is 6. The Morgan fingerprint density at radius 2 is 1.05 bits per heavy atom. The molecule has 7 heterocycles. The number of methoxy groups -OCH3 is 2. The van der Waals surface area contributed by atoms with Crippen molar-refractivity contribution in [3.8, 4) is 46.0 Å². The quantitative estimate of drug-likeness (QED) is 0.0489. The number of phenols is 1. The lowest BCUT2D eigenvalue weighted by Crippen LogP contribution is -2.45. The lowest BCUT2D eigenvalue weighted by atomic mass is 10.1. The molecular formula is C64H71N9O15. The third-order valence-electron chi connectivity index (χ3n) is 15.0. The number of aromatic hydroxyl groups is 1. The Labute approximate surface area is 508 Å². The van der Waals surface area contributed by atoms with Crippen LogP contribution < -0.4 is 43.8 Å². The number of phenolic OH excluding ortho intramolecular Hbond substituents is 1. The summed E-state index contributed by atoms with van der Waals surface area (Å²) in [6, 6.07) is 25.9. The van der Waals surface area contributed by atoms with Gasteiger partial charge in [0.1, 0.15) is 46.0 Å². The summed E-state index contributed by atoms with van der Waals surface area (Å²) in [6.07, 6.45) is 6.85. The molecule has 0 atom stereocenters. The second-order valence-electron chi connectivity index (χ2n) is 20.7. The molecule has 0 aliphatic carbocycles. The number of ether oxygens (including phenoxy) is 7. The summed E-state index contributed by atoms with van der Waals surface area (Å²) in [7, 11) is 11.9. The highest BCUT2D eigenvalue weighted by molar-refractivity contribution is 6.15. The van der Waals surface area contributed by atoms with Crippen LogP contribution in [0.5, 0.6) is 46.0 Å². The fraction of sp³-hybridized carbons (Fsp3) is 0.328. The normalized spacial score (nSPS) is 15.5. The van der Waals surface area contributed by atoms with E-state index >= 15 is 0 Å². The Morgan fingerprint density at radius 1 is 0.602 bits per heavy atom. The van der Waals surface area contributed by atoms with E-state index in [1.165, 1.54) is 51.5 Å². The first-order chi connectivity index (χ1) is 42.5. The van der Waals surface area contributed by atoms with E-state index in [2.05, 4.69) is 70.7 Å². The number of allylic oxidation sites excluding steroid dienone is 1. The smallest absolute Gasteiger partial charge is 0.412 e. The second-order valence-corrected chi connectivity index (χ2v) is 20.7. The number of carbonyl (C=O) groups excluding carboxylic acids is 7. The zero-order valence-electron chi connectivity index (χ0n) is 50.2. The highest BCUT2D eigenvalue weighted by Crippen LogP contribution is 2.37. The van der Waals surface area contributed by atoms with Gasteiger partial charge in [-0.1, -0.05) is 0 Å². The number of Topliss-reactive ketones (excluding diaryl/α,β-unsaturated/α-hetero) is 3. The number of piperazine rings is 2. The van der Waals surface area contributed by atoms with Crippen molar-refractivity contribution < 1.29 is 71.8 Å². The predicted octanol–water partition coefficient (Wildman–Crippen LogP) is 6.84. The fourth-order valence-electron chi connectivity index (χ4n) is 9.99. The minimum Gasteiger partial charge on any atom is -0.508 e. The predicted molar refractivity (Wildman–Crippen MR) is 328 cm³/mol. The number of likely N-dealkylation sites (N-methyl/N-ethyl adjacent to an activating group) is 2. The summed E-state index contributed by atoms with van der Waals surface area (Å²) in [5, 5.41) is 15.7. The van der Waals surface area contributed by atoms with E-state index < -0.39 is 12.2 Å². The van der Waals surface area contributed by atoms with Crippen LogP contribution in [0.3, 0.4) is 0 Å². The van der Waals surface area contributed by atoms with Crippen molar-refractivity contribution >= 4 is 69.8 Å². The monoisotopic (exact) mass is 1210 g/mol. The Hall–Kier alpha value is -9.84. The summed E-state index contributed by atoms with van der Waals surface area (Å²) in [6.45, 7) is 12.6. The van der Waals surface area contributed by atoms with Crippen LogP contribution in [0.25, 0.3) is 27.9 Å². The number of nitrogens with one attached hydrogen (secondary N) is 2. The molecule has 24 heteroatoms. The number of aromatic nitrogens is 2. The number of isocyanates is 1. The molecule has 7 aromatic rings. The third-order valence-corrected chi connectivity index (χ3v) is 15.0. The molecule has 0 spiro atoms. The van der Waals surface area contributed by atoms with E-state index in [0.29, 0.717) is 39.7 Å².